The van der Waals surface area contributed by atoms with Gasteiger partial charge in [-0.2, -0.15) is 9.67 Å². The number of aromatic hydroxyl groups is 2. The molecule has 2 aromatic heterocycles. The number of carbonyl (C=O) groups is 3. The van der Waals surface area contributed by atoms with Gasteiger partial charge in [0.25, 0.3) is 5.88 Å². The van der Waals surface area contributed by atoms with E-state index in [0.29, 0.717) is 6.61 Å². The van der Waals surface area contributed by atoms with Crippen molar-refractivity contribution in [1.82, 2.24) is 29.3 Å². The van der Waals surface area contributed by atoms with Gasteiger partial charge in [-0.1, -0.05) is 104 Å². The number of hydrogen-bond donors (Lipinski definition) is 6. The second kappa shape index (κ2) is 26.0. The molecule has 4 unspecified atom stereocenters. The molecule has 428 valence electrons. The van der Waals surface area contributed by atoms with E-state index < -0.39 is 82.6 Å². The Morgan fingerprint density at radius 1 is 0.877 bits per heavy atom. The monoisotopic (exact) mass is 1110 g/mol. The normalized spacial score (nSPS) is 20.2. The number of Topliss-reactive ketones (excluding diaryl/α,β-unsaturated/α-hetero) is 1. The highest BCUT2D eigenvalue weighted by atomic mass is 16.7. The molecule has 0 bridgehead atoms. The molecule has 0 saturated carbocycles. The van der Waals surface area contributed by atoms with Gasteiger partial charge in [0.2, 0.25) is 11.4 Å². The minimum Gasteiger partial charge on any atom is -0.507 e. The van der Waals surface area contributed by atoms with Crippen molar-refractivity contribution >= 4 is 34.1 Å². The van der Waals surface area contributed by atoms with E-state index in [4.69, 9.17) is 35.2 Å². The van der Waals surface area contributed by atoms with Crippen molar-refractivity contribution in [3.05, 3.63) is 170 Å². The van der Waals surface area contributed by atoms with Crippen LogP contribution in [0.25, 0.3) is 16.8 Å². The number of nitrogens with zero attached hydrogens (tertiary/aromatic N) is 6. The highest BCUT2D eigenvalue weighted by Crippen LogP contribution is 2.52. The van der Waals surface area contributed by atoms with Gasteiger partial charge in [0.1, 0.15) is 48.3 Å². The Hall–Kier alpha value is -8.15. The van der Waals surface area contributed by atoms with Crippen molar-refractivity contribution in [3.8, 4) is 28.9 Å². The number of phenolic OH excluding ortho intramolecular Hbond substituents is 2. The van der Waals surface area contributed by atoms with Crippen molar-refractivity contribution in [2.45, 2.75) is 90.1 Å². The minimum atomic E-state index is -2.00. The number of likely N-dealkylation sites (N-methyl/N-ethyl adjacent to an activating group) is 1. The largest absolute Gasteiger partial charge is 0.507 e. The molecule has 8 N–H and O–H groups in total. The van der Waals surface area contributed by atoms with Crippen molar-refractivity contribution in [2.24, 2.45) is 18.5 Å². The molecule has 2 aliphatic carbocycles. The summed E-state index contributed by atoms with van der Waals surface area (Å²) in [4.78, 5) is 57.0. The van der Waals surface area contributed by atoms with Crippen LogP contribution in [0.1, 0.15) is 113 Å². The van der Waals surface area contributed by atoms with Crippen LogP contribution in [0, 0.1) is 0 Å². The quantitative estimate of drug-likeness (QED) is 0.0427. The van der Waals surface area contributed by atoms with Gasteiger partial charge in [0, 0.05) is 55.6 Å². The van der Waals surface area contributed by atoms with E-state index in [1.54, 1.807) is 6.92 Å². The number of carbonyl (C=O) groups excluding carboxylic acids is 3. The van der Waals surface area contributed by atoms with Crippen molar-refractivity contribution in [3.63, 3.8) is 0 Å². The minimum absolute atomic E-state index is 0. The number of methoxy groups -OCH3 is 1. The molecule has 1 saturated heterocycles. The van der Waals surface area contributed by atoms with Crippen molar-refractivity contribution in [2.75, 3.05) is 41.1 Å². The SMILES string of the molecule is C.CC/C(=C(\c1ccccc1)c1ccc(OCCN(C)C)cc1)c1ccccc1.COc1cccc2c1C(=O)c1c(O)c3c(c(O)c1C2=O)C[C@@](O)(C(C)=O)C[C@@H]3OC1CC(N)C(O)C(C)O1.Cn1nnc2c(OCN)ncn2c1=O. The standard InChI is InChI=1S/C27H29NO10.C26H29NO.C6H8N6O2.CH4/c1-10-22(30)14(28)7-17(37-10)38-16-9-27(35,11(2)29)8-13-19(16)26(34)21-20(24(13)32)23(31)12-5-4-6-15(36-3)18(12)25(21)33;1-4-25(21-11-7-5-8-12-21)26(22-13-9-6-10-14-22)23-15-17-24(18-16-23)28-20-19-27(2)3;1-11-6(13)12-3-8-5(14-2-7)4(12)9-10-11;/h4-6,10,14,16-17,22,30,32,34-35H,7-9,28H2,1-3H3;5-18H,4,19-20H2,1-3H3;3H,2,7H2,1H3;1H4/b;26-25-;;/t10?,14?,16-,17?,22?,27-;;;/m0.../s1. The molecular weight excluding hydrogens is 1040 g/mol. The maximum atomic E-state index is 13.6. The summed E-state index contributed by atoms with van der Waals surface area (Å²) in [6.45, 7) is 6.59. The molecule has 81 heavy (non-hydrogen) atoms. The Morgan fingerprint density at radius 2 is 1.52 bits per heavy atom. The number of allylic oxidation sites excluding steroid dienone is 1. The summed E-state index contributed by atoms with van der Waals surface area (Å²) in [5.41, 5.74) is 14.4. The first-order valence-corrected chi connectivity index (χ1v) is 26.0. The molecule has 10 rings (SSSR count). The summed E-state index contributed by atoms with van der Waals surface area (Å²) >= 11 is 0. The zero-order chi connectivity index (χ0) is 57.6. The average molecular weight is 1110 g/mol. The molecule has 1 fully saturated rings. The summed E-state index contributed by atoms with van der Waals surface area (Å²) in [5, 5.41) is 51.5. The summed E-state index contributed by atoms with van der Waals surface area (Å²) in [5.74, 6) is -2.06. The molecule has 5 aromatic carbocycles. The lowest BCUT2D eigenvalue weighted by molar-refractivity contribution is -0.247. The summed E-state index contributed by atoms with van der Waals surface area (Å²) in [6, 6.07) is 33.6. The topological polar surface area (TPSA) is 299 Å². The predicted octanol–water partition coefficient (Wildman–Crippen LogP) is 5.78. The van der Waals surface area contributed by atoms with Gasteiger partial charge in [-0.05, 0) is 80.4 Å². The Bertz CT molecular complexity index is 3470. The van der Waals surface area contributed by atoms with Crippen LogP contribution >= 0.6 is 0 Å². The summed E-state index contributed by atoms with van der Waals surface area (Å²) in [6.07, 6.45) is -2.25. The fraction of sp³-hybridized carbons (Fsp3) is 0.350. The number of rotatable bonds is 14. The second-order valence-electron chi connectivity index (χ2n) is 19.8. The van der Waals surface area contributed by atoms with E-state index >= 15 is 0 Å². The number of phenols is 2. The number of benzene rings is 5. The highest BCUT2D eigenvalue weighted by molar-refractivity contribution is 6.31. The first kappa shape index (κ1) is 60.5. The number of ether oxygens (including phenoxy) is 5. The van der Waals surface area contributed by atoms with Crippen LogP contribution in [0.2, 0.25) is 0 Å². The molecule has 1 aliphatic heterocycles. The van der Waals surface area contributed by atoms with Crippen LogP contribution in [0.15, 0.2) is 114 Å². The van der Waals surface area contributed by atoms with E-state index in [2.05, 4.69) is 126 Å². The lowest BCUT2D eigenvalue weighted by atomic mass is 9.72. The fourth-order valence-corrected chi connectivity index (χ4v) is 10.0. The van der Waals surface area contributed by atoms with Crippen molar-refractivity contribution < 1.29 is 58.5 Å². The number of ketones is 3. The maximum Gasteiger partial charge on any atom is 0.352 e. The third kappa shape index (κ3) is 12.6. The fourth-order valence-electron chi connectivity index (χ4n) is 10.0. The third-order valence-electron chi connectivity index (χ3n) is 14.3. The third-order valence-corrected chi connectivity index (χ3v) is 14.3. The molecule has 0 radical (unpaired) electrons. The number of hydrogen-bond acceptors (Lipinski definition) is 19. The molecule has 0 amide bonds. The van der Waals surface area contributed by atoms with Gasteiger partial charge >= 0.3 is 5.69 Å². The number of aliphatic hydroxyl groups is 2. The Balaban J connectivity index is 0.000000192. The van der Waals surface area contributed by atoms with E-state index in [-0.39, 0.29) is 72.2 Å². The number of nitrogens with two attached hydrogens (primary N) is 2. The van der Waals surface area contributed by atoms with Gasteiger partial charge in [-0.3, -0.25) is 20.1 Å². The number of fused-ring (bicyclic) bond motifs is 4. The molecule has 6 atom stereocenters. The van der Waals surface area contributed by atoms with E-state index in [0.717, 1.165) is 23.4 Å². The first-order valence-electron chi connectivity index (χ1n) is 26.0. The Labute approximate surface area is 468 Å². The summed E-state index contributed by atoms with van der Waals surface area (Å²) in [7, 11) is 6.95. The molecule has 7 aromatic rings. The molecule has 21 nitrogen and oxygen atoms in total. The number of aryl methyl sites for hydroxylation is 1. The van der Waals surface area contributed by atoms with Crippen LogP contribution in [0.4, 0.5) is 0 Å². The van der Waals surface area contributed by atoms with Crippen LogP contribution in [0.3, 0.4) is 0 Å². The van der Waals surface area contributed by atoms with Gasteiger partial charge in [0.15, 0.2) is 17.9 Å². The van der Waals surface area contributed by atoms with Crippen LogP contribution < -0.4 is 31.4 Å². The molecule has 3 aliphatic rings. The maximum absolute atomic E-state index is 13.6. The van der Waals surface area contributed by atoms with E-state index in [1.807, 2.05) is 0 Å². The highest BCUT2D eigenvalue weighted by Gasteiger charge is 2.49. The number of imidazole rings is 1. The Kier molecular flexibility index (Phi) is 19.4. The van der Waals surface area contributed by atoms with Crippen LogP contribution in [0.5, 0.6) is 28.9 Å². The van der Waals surface area contributed by atoms with Gasteiger partial charge in [0.05, 0.1) is 42.1 Å². The first-order chi connectivity index (χ1) is 38.3. The predicted molar refractivity (Wildman–Crippen MR) is 302 cm³/mol. The average Bonchev–Trinajstić information content (AvgIpc) is 4.02. The lowest BCUT2D eigenvalue weighted by Crippen LogP contribution is -2.52. The smallest absolute Gasteiger partial charge is 0.352 e. The van der Waals surface area contributed by atoms with E-state index in [9.17, 15) is 39.6 Å². The van der Waals surface area contributed by atoms with Crippen LogP contribution in [-0.2, 0) is 27.7 Å². The molecule has 3 heterocycles. The number of aromatic nitrogens is 5. The van der Waals surface area contributed by atoms with E-state index in [1.165, 1.54) is 77.8 Å². The van der Waals surface area contributed by atoms with Crippen LogP contribution in [-0.4, -0.2) is 138 Å². The molecule has 21 heteroatoms. The zero-order valence-electron chi connectivity index (χ0n) is 45.5. The lowest BCUT2D eigenvalue weighted by Gasteiger charge is -2.42. The van der Waals surface area contributed by atoms with Gasteiger partial charge < -0.3 is 54.7 Å². The molecule has 0 spiro atoms. The zero-order valence-corrected chi connectivity index (χ0v) is 45.5. The Morgan fingerprint density at radius 3 is 2.12 bits per heavy atom. The summed E-state index contributed by atoms with van der Waals surface area (Å²) < 4.78 is 30.2. The van der Waals surface area contributed by atoms with Crippen molar-refractivity contribution in [1.29, 1.82) is 0 Å². The van der Waals surface area contributed by atoms with Gasteiger partial charge in [-0.15, -0.1) is 5.10 Å². The second-order valence-corrected chi connectivity index (χ2v) is 19.8. The number of aliphatic hydroxyl groups excluding tert-OH is 1. The molecular formula is C60H70N8O13. The van der Waals surface area contributed by atoms with Gasteiger partial charge in [-0.25, -0.2) is 9.20 Å².